The van der Waals surface area contributed by atoms with E-state index in [9.17, 15) is 4.79 Å². The maximum absolute atomic E-state index is 12.1. The van der Waals surface area contributed by atoms with Crippen LogP contribution in [0.1, 0.15) is 43.6 Å². The molecule has 1 fully saturated rings. The molecule has 0 bridgehead atoms. The van der Waals surface area contributed by atoms with Crippen LogP contribution in [-0.4, -0.2) is 5.91 Å². The van der Waals surface area contributed by atoms with Crippen molar-refractivity contribution >= 4 is 23.2 Å². The minimum Gasteiger partial charge on any atom is -0.324 e. The smallest absolute Gasteiger partial charge is 0.232 e. The number of nitrogens with one attached hydrogen (secondary N) is 1. The Kier molecular flexibility index (Phi) is 2.83. The number of para-hydroxylation sites is 1. The standard InChI is InChI=1S/C14H16ClNO/c15-11-8-4-7-10-12(14(17)16-13(10)11)9-5-2-1-3-6-9/h4,7-9,12H,1-3,5-6H2,(H,16,17). The van der Waals surface area contributed by atoms with Crippen molar-refractivity contribution < 1.29 is 4.79 Å². The number of rotatable bonds is 1. The fraction of sp³-hybridized carbons (Fsp3) is 0.500. The maximum Gasteiger partial charge on any atom is 0.232 e. The largest absolute Gasteiger partial charge is 0.324 e. The average molecular weight is 250 g/mol. The quantitative estimate of drug-likeness (QED) is 0.802. The lowest BCUT2D eigenvalue weighted by atomic mass is 9.77. The van der Waals surface area contributed by atoms with Crippen LogP contribution in [0.25, 0.3) is 0 Å². The number of carbonyl (C=O) groups is 1. The summed E-state index contributed by atoms with van der Waals surface area (Å²) in [7, 11) is 0. The van der Waals surface area contributed by atoms with Gasteiger partial charge in [0, 0.05) is 0 Å². The SMILES string of the molecule is O=C1Nc2c(Cl)cccc2C1C1CCCCC1. The van der Waals surface area contributed by atoms with Gasteiger partial charge in [0.2, 0.25) is 5.91 Å². The Morgan fingerprint density at radius 1 is 1.18 bits per heavy atom. The van der Waals surface area contributed by atoms with Crippen molar-refractivity contribution in [3.63, 3.8) is 0 Å². The summed E-state index contributed by atoms with van der Waals surface area (Å²) in [6.45, 7) is 0. The van der Waals surface area contributed by atoms with E-state index in [1.807, 2.05) is 18.2 Å². The predicted octanol–water partition coefficient (Wildman–Crippen LogP) is 3.96. The maximum atomic E-state index is 12.1. The van der Waals surface area contributed by atoms with Crippen molar-refractivity contribution in [1.29, 1.82) is 0 Å². The van der Waals surface area contributed by atoms with Crippen molar-refractivity contribution in [2.75, 3.05) is 5.32 Å². The van der Waals surface area contributed by atoms with Crippen molar-refractivity contribution in [2.45, 2.75) is 38.0 Å². The second kappa shape index (κ2) is 4.34. The molecule has 1 atom stereocenters. The third kappa shape index (κ3) is 1.85. The van der Waals surface area contributed by atoms with Crippen molar-refractivity contribution in [2.24, 2.45) is 5.92 Å². The Bertz CT molecular complexity index is 452. The molecule has 1 aliphatic heterocycles. The molecular formula is C14H16ClNO. The number of hydrogen-bond acceptors (Lipinski definition) is 1. The zero-order chi connectivity index (χ0) is 11.8. The van der Waals surface area contributed by atoms with Crippen LogP contribution in [0.15, 0.2) is 18.2 Å². The van der Waals surface area contributed by atoms with Crippen LogP contribution in [0.5, 0.6) is 0 Å². The van der Waals surface area contributed by atoms with Crippen LogP contribution in [0.2, 0.25) is 5.02 Å². The van der Waals surface area contributed by atoms with Crippen molar-refractivity contribution in [3.8, 4) is 0 Å². The van der Waals surface area contributed by atoms with Crippen LogP contribution >= 0.6 is 11.6 Å². The number of halogens is 1. The summed E-state index contributed by atoms with van der Waals surface area (Å²) < 4.78 is 0. The van der Waals surface area contributed by atoms with Gasteiger partial charge >= 0.3 is 0 Å². The van der Waals surface area contributed by atoms with Gasteiger partial charge in [0.05, 0.1) is 16.6 Å². The number of benzene rings is 1. The van der Waals surface area contributed by atoms with E-state index in [2.05, 4.69) is 5.32 Å². The van der Waals surface area contributed by atoms with Gasteiger partial charge in [-0.3, -0.25) is 4.79 Å². The number of hydrogen-bond donors (Lipinski definition) is 1. The molecule has 3 heteroatoms. The van der Waals surface area contributed by atoms with Gasteiger partial charge in [-0.1, -0.05) is 43.0 Å². The molecule has 0 spiro atoms. The molecular weight excluding hydrogens is 234 g/mol. The van der Waals surface area contributed by atoms with Crippen LogP contribution in [0.3, 0.4) is 0 Å². The fourth-order valence-electron chi connectivity index (χ4n) is 3.21. The highest BCUT2D eigenvalue weighted by Crippen LogP contribution is 2.45. The molecule has 1 N–H and O–H groups in total. The first-order chi connectivity index (χ1) is 8.27. The molecule has 1 amide bonds. The fourth-order valence-corrected chi connectivity index (χ4v) is 3.44. The lowest BCUT2D eigenvalue weighted by molar-refractivity contribution is -0.118. The molecule has 2 nitrogen and oxygen atoms in total. The Labute approximate surface area is 106 Å². The van der Waals surface area contributed by atoms with Crippen LogP contribution in [0.4, 0.5) is 5.69 Å². The minimum atomic E-state index is 0.0315. The lowest BCUT2D eigenvalue weighted by Crippen LogP contribution is -2.22. The van der Waals surface area contributed by atoms with Gasteiger partial charge in [0.15, 0.2) is 0 Å². The number of carbonyl (C=O) groups excluding carboxylic acids is 1. The van der Waals surface area contributed by atoms with E-state index < -0.39 is 0 Å². The van der Waals surface area contributed by atoms with E-state index in [0.717, 1.165) is 11.3 Å². The third-order valence-corrected chi connectivity index (χ3v) is 4.35. The molecule has 0 radical (unpaired) electrons. The highest BCUT2D eigenvalue weighted by molar-refractivity contribution is 6.34. The molecule has 1 heterocycles. The second-order valence-electron chi connectivity index (χ2n) is 5.07. The first kappa shape index (κ1) is 11.1. The molecule has 1 aliphatic carbocycles. The molecule has 0 saturated heterocycles. The summed E-state index contributed by atoms with van der Waals surface area (Å²) in [5, 5.41) is 3.60. The van der Waals surface area contributed by atoms with E-state index in [0.29, 0.717) is 10.9 Å². The highest BCUT2D eigenvalue weighted by Gasteiger charge is 2.37. The van der Waals surface area contributed by atoms with E-state index >= 15 is 0 Å². The topological polar surface area (TPSA) is 29.1 Å². The molecule has 1 unspecified atom stereocenters. The predicted molar refractivity (Wildman–Crippen MR) is 69.4 cm³/mol. The summed E-state index contributed by atoms with van der Waals surface area (Å²) in [6, 6.07) is 5.82. The van der Waals surface area contributed by atoms with E-state index in [-0.39, 0.29) is 11.8 Å². The Morgan fingerprint density at radius 3 is 2.71 bits per heavy atom. The number of anilines is 1. The van der Waals surface area contributed by atoms with Crippen LogP contribution in [0, 0.1) is 5.92 Å². The highest BCUT2D eigenvalue weighted by atomic mass is 35.5. The second-order valence-corrected chi connectivity index (χ2v) is 5.48. The Hall–Kier alpha value is -1.02. The molecule has 1 aromatic carbocycles. The Balaban J connectivity index is 1.96. The van der Waals surface area contributed by atoms with E-state index in [4.69, 9.17) is 11.6 Å². The number of fused-ring (bicyclic) bond motifs is 1. The molecule has 1 saturated carbocycles. The summed E-state index contributed by atoms with van der Waals surface area (Å²) in [5.74, 6) is 0.674. The Morgan fingerprint density at radius 2 is 1.94 bits per heavy atom. The molecule has 0 aromatic heterocycles. The normalized spacial score (nSPS) is 24.5. The van der Waals surface area contributed by atoms with Crippen LogP contribution < -0.4 is 5.32 Å². The lowest BCUT2D eigenvalue weighted by Gasteiger charge is -2.26. The van der Waals surface area contributed by atoms with Crippen molar-refractivity contribution in [1.82, 2.24) is 0 Å². The zero-order valence-electron chi connectivity index (χ0n) is 9.71. The first-order valence-corrected chi connectivity index (χ1v) is 6.74. The van der Waals surface area contributed by atoms with Gasteiger partial charge in [0.25, 0.3) is 0 Å². The number of amides is 1. The van der Waals surface area contributed by atoms with Gasteiger partial charge in [-0.2, -0.15) is 0 Å². The van der Waals surface area contributed by atoms with Gasteiger partial charge < -0.3 is 5.32 Å². The molecule has 90 valence electrons. The van der Waals surface area contributed by atoms with Crippen LogP contribution in [-0.2, 0) is 4.79 Å². The molecule has 1 aromatic rings. The van der Waals surface area contributed by atoms with Gasteiger partial charge in [-0.15, -0.1) is 0 Å². The monoisotopic (exact) mass is 249 g/mol. The van der Waals surface area contributed by atoms with Gasteiger partial charge in [-0.25, -0.2) is 0 Å². The minimum absolute atomic E-state index is 0.0315. The van der Waals surface area contributed by atoms with Gasteiger partial charge in [-0.05, 0) is 30.4 Å². The van der Waals surface area contributed by atoms with Gasteiger partial charge in [0.1, 0.15) is 0 Å². The van der Waals surface area contributed by atoms with E-state index in [1.165, 1.54) is 32.1 Å². The van der Waals surface area contributed by atoms with Crippen molar-refractivity contribution in [3.05, 3.63) is 28.8 Å². The molecule has 3 rings (SSSR count). The summed E-state index contributed by atoms with van der Waals surface area (Å²) in [4.78, 5) is 12.1. The summed E-state index contributed by atoms with van der Waals surface area (Å²) in [6.07, 6.45) is 6.16. The average Bonchev–Trinajstić information content (AvgIpc) is 2.68. The molecule has 2 aliphatic rings. The van der Waals surface area contributed by atoms with E-state index in [1.54, 1.807) is 0 Å². The molecule has 17 heavy (non-hydrogen) atoms. The summed E-state index contributed by atoms with van der Waals surface area (Å²) in [5.41, 5.74) is 1.95. The zero-order valence-corrected chi connectivity index (χ0v) is 10.5. The third-order valence-electron chi connectivity index (χ3n) is 4.03. The first-order valence-electron chi connectivity index (χ1n) is 6.36. The summed E-state index contributed by atoms with van der Waals surface area (Å²) >= 11 is 6.12.